The largest absolute Gasteiger partial charge is 0.412 e. The number of rotatable bonds is 1. The summed E-state index contributed by atoms with van der Waals surface area (Å²) in [6, 6.07) is 14.1. The minimum absolute atomic E-state index is 0.431. The van der Waals surface area contributed by atoms with Gasteiger partial charge >= 0.3 is 6.09 Å². The Morgan fingerprint density at radius 1 is 1.11 bits per heavy atom. The lowest BCUT2D eigenvalue weighted by molar-refractivity contribution is 0.202. The first kappa shape index (κ1) is 10.8. The third kappa shape index (κ3) is 1.64. The molecule has 90 valence electrons. The second-order valence-electron chi connectivity index (χ2n) is 4.26. The van der Waals surface area contributed by atoms with Crippen LogP contribution in [0.3, 0.4) is 0 Å². The molecule has 0 aliphatic heterocycles. The van der Waals surface area contributed by atoms with Crippen LogP contribution in [0.2, 0.25) is 0 Å². The van der Waals surface area contributed by atoms with Crippen LogP contribution < -0.4 is 10.1 Å². The van der Waals surface area contributed by atoms with Crippen LogP contribution in [0.1, 0.15) is 11.1 Å². The molecule has 3 heteroatoms. The summed E-state index contributed by atoms with van der Waals surface area (Å²) in [7, 11) is 1.56. The van der Waals surface area contributed by atoms with E-state index in [-0.39, 0.29) is 0 Å². The number of amides is 1. The van der Waals surface area contributed by atoms with Gasteiger partial charge in [0.25, 0.3) is 0 Å². The van der Waals surface area contributed by atoms with Crippen LogP contribution in [0, 0.1) is 0 Å². The molecule has 3 nitrogen and oxygen atoms in total. The highest BCUT2D eigenvalue weighted by atomic mass is 16.6. The molecule has 0 fully saturated rings. The molecular weight excluding hydrogens is 226 g/mol. The van der Waals surface area contributed by atoms with Crippen LogP contribution in [0.5, 0.6) is 5.75 Å². The Labute approximate surface area is 105 Å². The van der Waals surface area contributed by atoms with Crippen molar-refractivity contribution in [1.29, 1.82) is 0 Å². The Kier molecular flexibility index (Phi) is 2.52. The fourth-order valence-electron chi connectivity index (χ4n) is 2.37. The first-order valence-electron chi connectivity index (χ1n) is 5.89. The summed E-state index contributed by atoms with van der Waals surface area (Å²) in [5, 5.41) is 2.46. The van der Waals surface area contributed by atoms with Crippen molar-refractivity contribution in [3.63, 3.8) is 0 Å². The van der Waals surface area contributed by atoms with Crippen molar-refractivity contribution in [2.45, 2.75) is 6.42 Å². The molecule has 0 radical (unpaired) electrons. The highest BCUT2D eigenvalue weighted by Gasteiger charge is 2.21. The van der Waals surface area contributed by atoms with Crippen molar-refractivity contribution in [3.8, 4) is 16.9 Å². The van der Waals surface area contributed by atoms with E-state index in [1.54, 1.807) is 7.05 Å². The van der Waals surface area contributed by atoms with Gasteiger partial charge in [0.15, 0.2) is 0 Å². The van der Waals surface area contributed by atoms with Gasteiger partial charge in [-0.3, -0.25) is 0 Å². The van der Waals surface area contributed by atoms with Gasteiger partial charge in [-0.05, 0) is 22.8 Å². The lowest BCUT2D eigenvalue weighted by Gasteiger charge is -2.08. The van der Waals surface area contributed by atoms with E-state index in [9.17, 15) is 4.79 Å². The minimum atomic E-state index is -0.431. The summed E-state index contributed by atoms with van der Waals surface area (Å²) in [6.07, 6.45) is 0.387. The van der Waals surface area contributed by atoms with Crippen molar-refractivity contribution in [1.82, 2.24) is 5.32 Å². The van der Waals surface area contributed by atoms with E-state index in [2.05, 4.69) is 23.5 Å². The Balaban J connectivity index is 2.06. The summed E-state index contributed by atoms with van der Waals surface area (Å²) >= 11 is 0. The molecule has 2 aromatic carbocycles. The van der Waals surface area contributed by atoms with Crippen LogP contribution in [0.25, 0.3) is 11.1 Å². The van der Waals surface area contributed by atoms with Gasteiger partial charge in [-0.2, -0.15) is 0 Å². The molecule has 3 rings (SSSR count). The lowest BCUT2D eigenvalue weighted by Crippen LogP contribution is -2.22. The Morgan fingerprint density at radius 3 is 2.72 bits per heavy atom. The van der Waals surface area contributed by atoms with Gasteiger partial charge in [0, 0.05) is 19.0 Å². The molecule has 1 amide bonds. The summed E-state index contributed by atoms with van der Waals surface area (Å²) in [5.41, 5.74) is 4.75. The van der Waals surface area contributed by atoms with Crippen molar-refractivity contribution < 1.29 is 9.53 Å². The van der Waals surface area contributed by atoms with E-state index < -0.39 is 6.09 Å². The number of carbonyl (C=O) groups excluding carboxylic acids is 1. The van der Waals surface area contributed by atoms with E-state index in [4.69, 9.17) is 4.74 Å². The summed E-state index contributed by atoms with van der Waals surface area (Å²) in [6.45, 7) is 0. The fourth-order valence-corrected chi connectivity index (χ4v) is 2.37. The highest BCUT2D eigenvalue weighted by Crippen LogP contribution is 2.40. The fraction of sp³-hybridized carbons (Fsp3) is 0.133. The number of benzene rings is 2. The minimum Gasteiger partial charge on any atom is -0.410 e. The smallest absolute Gasteiger partial charge is 0.410 e. The number of nitrogens with one attached hydrogen (secondary N) is 1. The molecule has 1 aliphatic rings. The number of hydrogen-bond donors (Lipinski definition) is 1. The van der Waals surface area contributed by atoms with Gasteiger partial charge in [-0.1, -0.05) is 36.4 Å². The zero-order valence-corrected chi connectivity index (χ0v) is 10.1. The molecule has 2 aromatic rings. The average Bonchev–Trinajstić information content (AvgIpc) is 2.78. The van der Waals surface area contributed by atoms with Crippen molar-refractivity contribution >= 4 is 6.09 Å². The predicted molar refractivity (Wildman–Crippen MR) is 69.8 cm³/mol. The highest BCUT2D eigenvalue weighted by molar-refractivity contribution is 5.80. The Hall–Kier alpha value is -2.29. The number of hydrogen-bond acceptors (Lipinski definition) is 2. The van der Waals surface area contributed by atoms with Gasteiger partial charge < -0.3 is 10.1 Å². The van der Waals surface area contributed by atoms with Gasteiger partial charge in [0.2, 0.25) is 0 Å². The SMILES string of the molecule is CNC(=O)Oc1cccc2c1Cc1ccccc1-2. The Morgan fingerprint density at radius 2 is 1.89 bits per heavy atom. The molecule has 0 aromatic heterocycles. The summed E-state index contributed by atoms with van der Waals surface area (Å²) < 4.78 is 5.29. The Bertz CT molecular complexity index is 620. The van der Waals surface area contributed by atoms with Gasteiger partial charge in [-0.25, -0.2) is 4.79 Å². The number of ether oxygens (including phenoxy) is 1. The molecule has 0 spiro atoms. The number of fused-ring (bicyclic) bond motifs is 3. The first-order valence-corrected chi connectivity index (χ1v) is 5.89. The van der Waals surface area contributed by atoms with Crippen LogP contribution in [0.15, 0.2) is 42.5 Å². The second-order valence-corrected chi connectivity index (χ2v) is 4.26. The number of carbonyl (C=O) groups is 1. The van der Waals surface area contributed by atoms with Crippen LogP contribution in [-0.2, 0) is 6.42 Å². The maximum Gasteiger partial charge on any atom is 0.412 e. The molecule has 1 N–H and O–H groups in total. The summed E-state index contributed by atoms with van der Waals surface area (Å²) in [4.78, 5) is 11.3. The van der Waals surface area contributed by atoms with Gasteiger partial charge in [-0.15, -0.1) is 0 Å². The van der Waals surface area contributed by atoms with E-state index >= 15 is 0 Å². The zero-order chi connectivity index (χ0) is 12.5. The standard InChI is InChI=1S/C15H13NO2/c1-16-15(17)18-14-8-4-7-12-11-6-3-2-5-10(11)9-13(12)14/h2-8H,9H2,1H3,(H,16,17). The average molecular weight is 239 g/mol. The van der Waals surface area contributed by atoms with Gasteiger partial charge in [0.1, 0.15) is 5.75 Å². The van der Waals surface area contributed by atoms with Crippen LogP contribution >= 0.6 is 0 Å². The van der Waals surface area contributed by atoms with Crippen LogP contribution in [0.4, 0.5) is 4.79 Å². The third-order valence-electron chi connectivity index (χ3n) is 3.21. The molecular formula is C15H13NO2. The van der Waals surface area contributed by atoms with E-state index in [0.717, 1.165) is 17.5 Å². The topological polar surface area (TPSA) is 38.3 Å². The molecule has 0 saturated heterocycles. The molecule has 0 unspecified atom stereocenters. The predicted octanol–water partition coefficient (Wildman–Crippen LogP) is 2.98. The first-order chi connectivity index (χ1) is 8.79. The molecule has 0 atom stereocenters. The van der Waals surface area contributed by atoms with E-state index in [1.807, 2.05) is 24.3 Å². The maximum absolute atomic E-state index is 11.3. The molecule has 0 heterocycles. The molecule has 18 heavy (non-hydrogen) atoms. The normalized spacial score (nSPS) is 11.6. The molecule has 0 saturated carbocycles. The van der Waals surface area contributed by atoms with Crippen molar-refractivity contribution in [2.75, 3.05) is 7.05 Å². The molecule has 1 aliphatic carbocycles. The quantitative estimate of drug-likeness (QED) is 0.709. The zero-order valence-electron chi connectivity index (χ0n) is 10.1. The van der Waals surface area contributed by atoms with E-state index in [0.29, 0.717) is 5.75 Å². The van der Waals surface area contributed by atoms with Crippen molar-refractivity contribution in [2.24, 2.45) is 0 Å². The lowest BCUT2D eigenvalue weighted by atomic mass is 10.1. The third-order valence-corrected chi connectivity index (χ3v) is 3.21. The monoisotopic (exact) mass is 239 g/mol. The second kappa shape index (κ2) is 4.18. The van der Waals surface area contributed by atoms with Gasteiger partial charge in [0.05, 0.1) is 0 Å². The summed E-state index contributed by atoms with van der Waals surface area (Å²) in [5.74, 6) is 0.642. The van der Waals surface area contributed by atoms with E-state index in [1.165, 1.54) is 11.1 Å². The maximum atomic E-state index is 11.3. The van der Waals surface area contributed by atoms with Crippen LogP contribution in [-0.4, -0.2) is 13.1 Å². The van der Waals surface area contributed by atoms with Crippen molar-refractivity contribution in [3.05, 3.63) is 53.6 Å². The molecule has 0 bridgehead atoms.